The van der Waals surface area contributed by atoms with Gasteiger partial charge in [-0.15, -0.1) is 0 Å². The number of nitrogens with one attached hydrogen (secondary N) is 1. The van der Waals surface area contributed by atoms with Gasteiger partial charge in [0, 0.05) is 45.4 Å². The van der Waals surface area contributed by atoms with Crippen LogP contribution in [0.25, 0.3) is 0 Å². The van der Waals surface area contributed by atoms with Crippen molar-refractivity contribution in [3.8, 4) is 0 Å². The number of hydrogen-bond donors (Lipinski definition) is 1. The van der Waals surface area contributed by atoms with Crippen molar-refractivity contribution in [2.75, 3.05) is 39.3 Å². The fourth-order valence-electron chi connectivity index (χ4n) is 4.88. The lowest BCUT2D eigenvalue weighted by molar-refractivity contribution is 0.0601. The Bertz CT molecular complexity index is 405. The zero-order valence-corrected chi connectivity index (χ0v) is 14.3. The smallest absolute Gasteiger partial charge is 0.169 e. The first-order chi connectivity index (χ1) is 10.8. The molecular weight excluding hydrogens is 294 g/mol. The highest BCUT2D eigenvalue weighted by Crippen LogP contribution is 2.44. The monoisotopic (exact) mass is 323 g/mol. The summed E-state index contributed by atoms with van der Waals surface area (Å²) in [6.07, 6.45) is 8.62. The molecule has 4 nitrogen and oxygen atoms in total. The lowest BCUT2D eigenvalue weighted by Gasteiger charge is -2.38. The molecule has 0 spiro atoms. The van der Waals surface area contributed by atoms with Crippen molar-refractivity contribution >= 4 is 17.3 Å². The van der Waals surface area contributed by atoms with Crippen molar-refractivity contribution in [3.05, 3.63) is 0 Å². The van der Waals surface area contributed by atoms with Gasteiger partial charge in [-0.3, -0.25) is 4.90 Å². The van der Waals surface area contributed by atoms with E-state index in [1.807, 2.05) is 0 Å². The van der Waals surface area contributed by atoms with Crippen LogP contribution >= 0.6 is 12.2 Å². The number of ether oxygens (including phenoxy) is 1. The molecule has 1 N–H and O–H groups in total. The molecule has 2 saturated carbocycles. The molecule has 124 valence electrons. The van der Waals surface area contributed by atoms with Crippen LogP contribution in [0.2, 0.25) is 0 Å². The predicted octanol–water partition coefficient (Wildman–Crippen LogP) is 1.85. The normalized spacial score (nSPS) is 38.6. The Morgan fingerprint density at radius 2 is 1.95 bits per heavy atom. The van der Waals surface area contributed by atoms with Gasteiger partial charge in [-0.2, -0.15) is 0 Å². The number of thiocarbonyl (C=S) groups is 1. The van der Waals surface area contributed by atoms with E-state index < -0.39 is 0 Å². The van der Waals surface area contributed by atoms with Crippen molar-refractivity contribution in [2.24, 2.45) is 11.8 Å². The number of piperazine rings is 1. The molecule has 2 bridgehead atoms. The van der Waals surface area contributed by atoms with Crippen LogP contribution in [-0.4, -0.2) is 66.4 Å². The van der Waals surface area contributed by atoms with Gasteiger partial charge in [-0.1, -0.05) is 6.42 Å². The molecule has 0 unspecified atom stereocenters. The number of hydrogen-bond acceptors (Lipinski definition) is 3. The Morgan fingerprint density at radius 3 is 2.59 bits per heavy atom. The maximum Gasteiger partial charge on any atom is 0.169 e. The van der Waals surface area contributed by atoms with Crippen LogP contribution < -0.4 is 5.32 Å². The lowest BCUT2D eigenvalue weighted by atomic mass is 9.95. The summed E-state index contributed by atoms with van der Waals surface area (Å²) in [6, 6.07) is 0.663. The van der Waals surface area contributed by atoms with Gasteiger partial charge in [-0.25, -0.2) is 0 Å². The van der Waals surface area contributed by atoms with E-state index in [1.165, 1.54) is 38.5 Å². The van der Waals surface area contributed by atoms with Crippen molar-refractivity contribution in [2.45, 2.75) is 50.7 Å². The molecule has 2 heterocycles. The SMILES string of the molecule is S=C(N[C@H]1C[C@H]2CC[C@H]1C2)N1CCN(C[C@H]2CCCO2)CC1. The molecule has 0 amide bonds. The second-order valence-electron chi connectivity index (χ2n) is 7.65. The molecule has 0 radical (unpaired) electrons. The molecule has 5 heteroatoms. The molecule has 2 aliphatic heterocycles. The average molecular weight is 324 g/mol. The molecule has 4 rings (SSSR count). The summed E-state index contributed by atoms with van der Waals surface area (Å²) >= 11 is 5.68. The van der Waals surface area contributed by atoms with Crippen molar-refractivity contribution < 1.29 is 4.74 Å². The highest BCUT2D eigenvalue weighted by Gasteiger charge is 2.40. The third-order valence-electron chi connectivity index (χ3n) is 6.19. The van der Waals surface area contributed by atoms with Crippen LogP contribution in [-0.2, 0) is 4.74 Å². The summed E-state index contributed by atoms with van der Waals surface area (Å²) < 4.78 is 5.75. The second kappa shape index (κ2) is 6.62. The molecule has 0 aromatic carbocycles. The van der Waals surface area contributed by atoms with Crippen molar-refractivity contribution in [1.29, 1.82) is 0 Å². The molecule has 4 aliphatic rings. The van der Waals surface area contributed by atoms with E-state index in [1.54, 1.807) is 0 Å². The van der Waals surface area contributed by atoms with Crippen LogP contribution in [0.15, 0.2) is 0 Å². The Kier molecular flexibility index (Phi) is 4.56. The Morgan fingerprint density at radius 1 is 1.09 bits per heavy atom. The zero-order valence-electron chi connectivity index (χ0n) is 13.5. The highest BCUT2D eigenvalue weighted by atomic mass is 32.1. The van der Waals surface area contributed by atoms with Crippen LogP contribution in [0.1, 0.15) is 38.5 Å². The quantitative estimate of drug-likeness (QED) is 0.800. The van der Waals surface area contributed by atoms with E-state index in [4.69, 9.17) is 17.0 Å². The maximum atomic E-state index is 5.75. The summed E-state index contributed by atoms with van der Waals surface area (Å²) in [4.78, 5) is 4.93. The molecule has 0 aromatic heterocycles. The van der Waals surface area contributed by atoms with Gasteiger partial charge in [0.05, 0.1) is 6.10 Å². The van der Waals surface area contributed by atoms with Crippen LogP contribution in [0.5, 0.6) is 0 Å². The van der Waals surface area contributed by atoms with E-state index in [0.717, 1.165) is 56.3 Å². The van der Waals surface area contributed by atoms with Gasteiger partial charge in [0.1, 0.15) is 0 Å². The van der Waals surface area contributed by atoms with E-state index in [0.29, 0.717) is 12.1 Å². The minimum absolute atomic E-state index is 0.477. The summed E-state index contributed by atoms with van der Waals surface area (Å²) in [5.74, 6) is 1.87. The molecule has 0 aromatic rings. The van der Waals surface area contributed by atoms with Gasteiger partial charge in [0.15, 0.2) is 5.11 Å². The Labute approximate surface area is 139 Å². The summed E-state index contributed by atoms with van der Waals surface area (Å²) in [6.45, 7) is 6.46. The standard InChI is InChI=1S/C17H29N3OS/c22-17(18-16-11-13-3-4-14(16)10-13)20-7-5-19(6-8-20)12-15-2-1-9-21-15/h13-16H,1-12H2,(H,18,22)/t13-,14-,15+,16-/m0/s1. The lowest BCUT2D eigenvalue weighted by Crippen LogP contribution is -2.54. The Hall–Kier alpha value is -0.390. The van der Waals surface area contributed by atoms with Gasteiger partial charge in [-0.05, 0) is 56.2 Å². The van der Waals surface area contributed by atoms with E-state index in [2.05, 4.69) is 15.1 Å². The minimum Gasteiger partial charge on any atom is -0.377 e. The fourth-order valence-corrected chi connectivity index (χ4v) is 5.22. The number of rotatable bonds is 3. The largest absolute Gasteiger partial charge is 0.377 e. The first-order valence-electron chi connectivity index (χ1n) is 9.17. The van der Waals surface area contributed by atoms with Gasteiger partial charge >= 0.3 is 0 Å². The van der Waals surface area contributed by atoms with E-state index in [9.17, 15) is 0 Å². The van der Waals surface area contributed by atoms with Crippen LogP contribution in [0.3, 0.4) is 0 Å². The first kappa shape index (κ1) is 15.2. The third-order valence-corrected chi connectivity index (χ3v) is 6.57. The minimum atomic E-state index is 0.477. The molecule has 4 fully saturated rings. The zero-order chi connectivity index (χ0) is 14.9. The third kappa shape index (κ3) is 3.26. The molecule has 2 saturated heterocycles. The summed E-state index contributed by atoms with van der Waals surface area (Å²) in [5, 5.41) is 4.69. The summed E-state index contributed by atoms with van der Waals surface area (Å²) in [7, 11) is 0. The second-order valence-corrected chi connectivity index (χ2v) is 8.04. The van der Waals surface area contributed by atoms with Crippen LogP contribution in [0, 0.1) is 11.8 Å². The topological polar surface area (TPSA) is 27.7 Å². The van der Waals surface area contributed by atoms with E-state index in [-0.39, 0.29) is 0 Å². The number of nitrogens with zero attached hydrogens (tertiary/aromatic N) is 2. The van der Waals surface area contributed by atoms with Gasteiger partial charge in [0.2, 0.25) is 0 Å². The van der Waals surface area contributed by atoms with Crippen LogP contribution in [0.4, 0.5) is 0 Å². The van der Waals surface area contributed by atoms with Crippen molar-refractivity contribution in [3.63, 3.8) is 0 Å². The van der Waals surface area contributed by atoms with Crippen molar-refractivity contribution in [1.82, 2.24) is 15.1 Å². The molecule has 4 atom stereocenters. The predicted molar refractivity (Wildman–Crippen MR) is 92.0 cm³/mol. The molecule has 22 heavy (non-hydrogen) atoms. The number of fused-ring (bicyclic) bond motifs is 2. The van der Waals surface area contributed by atoms with E-state index >= 15 is 0 Å². The van der Waals surface area contributed by atoms with Gasteiger partial charge in [0.25, 0.3) is 0 Å². The first-order valence-corrected chi connectivity index (χ1v) is 9.58. The maximum absolute atomic E-state index is 5.75. The molecule has 2 aliphatic carbocycles. The fraction of sp³-hybridized carbons (Fsp3) is 0.941. The summed E-state index contributed by atoms with van der Waals surface area (Å²) in [5.41, 5.74) is 0. The molecular formula is C17H29N3OS. The Balaban J connectivity index is 1.20. The average Bonchev–Trinajstić information content (AvgIpc) is 3.25. The highest BCUT2D eigenvalue weighted by molar-refractivity contribution is 7.80. The van der Waals surface area contributed by atoms with Gasteiger partial charge < -0.3 is 15.0 Å².